The summed E-state index contributed by atoms with van der Waals surface area (Å²) in [4.78, 5) is 43.1. The molecule has 1 amide bonds. The van der Waals surface area contributed by atoms with Gasteiger partial charge in [-0.2, -0.15) is 0 Å². The first-order valence-corrected chi connectivity index (χ1v) is 7.24. The van der Waals surface area contributed by atoms with Crippen LogP contribution in [0.25, 0.3) is 5.69 Å². The number of aromatic nitrogens is 3. The molecule has 0 saturated heterocycles. The number of pyridine rings is 1. The van der Waals surface area contributed by atoms with E-state index in [4.69, 9.17) is 0 Å². The molecule has 0 unspecified atom stereocenters. The summed E-state index contributed by atoms with van der Waals surface area (Å²) >= 11 is 0. The fraction of sp³-hybridized carbons (Fsp3) is 0.0588. The molecule has 3 rings (SSSR count). The third-order valence-electron chi connectivity index (χ3n) is 3.41. The first kappa shape index (κ1) is 15.4. The SMILES string of the molecule is O=C(NCc1cccnc1)c1c[nH]c(=O)n(-c2ccccc2)c1=O. The second kappa shape index (κ2) is 6.74. The van der Waals surface area contributed by atoms with E-state index in [2.05, 4.69) is 15.3 Å². The Bertz CT molecular complexity index is 962. The molecule has 7 heteroatoms. The number of hydrogen-bond donors (Lipinski definition) is 2. The molecule has 120 valence electrons. The third-order valence-corrected chi connectivity index (χ3v) is 3.41. The Balaban J connectivity index is 1.90. The van der Waals surface area contributed by atoms with Crippen LogP contribution < -0.4 is 16.6 Å². The quantitative estimate of drug-likeness (QED) is 0.744. The van der Waals surface area contributed by atoms with Crippen LogP contribution in [0.1, 0.15) is 15.9 Å². The number of carbonyl (C=O) groups excluding carboxylic acids is 1. The molecule has 0 aliphatic heterocycles. The molecule has 0 saturated carbocycles. The molecule has 0 aliphatic rings. The minimum atomic E-state index is -0.673. The monoisotopic (exact) mass is 322 g/mol. The Hall–Kier alpha value is -3.48. The fourth-order valence-corrected chi connectivity index (χ4v) is 2.23. The Morgan fingerprint density at radius 2 is 1.92 bits per heavy atom. The van der Waals surface area contributed by atoms with Crippen LogP contribution in [0.2, 0.25) is 0 Å². The van der Waals surface area contributed by atoms with Gasteiger partial charge in [0.2, 0.25) is 0 Å². The van der Waals surface area contributed by atoms with Gasteiger partial charge in [-0.3, -0.25) is 14.6 Å². The highest BCUT2D eigenvalue weighted by Crippen LogP contribution is 2.01. The van der Waals surface area contributed by atoms with Crippen molar-refractivity contribution in [3.63, 3.8) is 0 Å². The summed E-state index contributed by atoms with van der Waals surface area (Å²) in [5, 5.41) is 2.64. The van der Waals surface area contributed by atoms with Crippen LogP contribution in [-0.4, -0.2) is 20.4 Å². The summed E-state index contributed by atoms with van der Waals surface area (Å²) in [6.45, 7) is 0.233. The van der Waals surface area contributed by atoms with E-state index in [0.29, 0.717) is 5.69 Å². The number of nitrogens with zero attached hydrogens (tertiary/aromatic N) is 2. The highest BCUT2D eigenvalue weighted by atomic mass is 16.2. The van der Waals surface area contributed by atoms with E-state index in [1.54, 1.807) is 48.8 Å². The maximum absolute atomic E-state index is 12.5. The van der Waals surface area contributed by atoms with E-state index in [9.17, 15) is 14.4 Å². The fourth-order valence-electron chi connectivity index (χ4n) is 2.23. The van der Waals surface area contributed by atoms with Crippen LogP contribution in [0.5, 0.6) is 0 Å². The normalized spacial score (nSPS) is 10.3. The van der Waals surface area contributed by atoms with Crippen molar-refractivity contribution in [2.45, 2.75) is 6.54 Å². The largest absolute Gasteiger partial charge is 0.348 e. The number of aromatic amines is 1. The first-order valence-electron chi connectivity index (χ1n) is 7.24. The lowest BCUT2D eigenvalue weighted by Gasteiger charge is -2.08. The van der Waals surface area contributed by atoms with Gasteiger partial charge < -0.3 is 10.3 Å². The van der Waals surface area contributed by atoms with E-state index >= 15 is 0 Å². The highest BCUT2D eigenvalue weighted by Gasteiger charge is 2.15. The molecule has 0 fully saturated rings. The molecular weight excluding hydrogens is 308 g/mol. The van der Waals surface area contributed by atoms with Crippen LogP contribution in [0.15, 0.2) is 70.6 Å². The first-order chi connectivity index (χ1) is 11.7. The van der Waals surface area contributed by atoms with Gasteiger partial charge in [0.25, 0.3) is 11.5 Å². The number of hydrogen-bond acceptors (Lipinski definition) is 4. The predicted molar refractivity (Wildman–Crippen MR) is 88.1 cm³/mol. The van der Waals surface area contributed by atoms with E-state index in [-0.39, 0.29) is 12.1 Å². The van der Waals surface area contributed by atoms with E-state index < -0.39 is 17.2 Å². The Morgan fingerprint density at radius 3 is 2.62 bits per heavy atom. The highest BCUT2D eigenvalue weighted by molar-refractivity contribution is 5.93. The van der Waals surface area contributed by atoms with Crippen molar-refractivity contribution < 1.29 is 4.79 Å². The van der Waals surface area contributed by atoms with Crippen LogP contribution in [0.4, 0.5) is 0 Å². The lowest BCUT2D eigenvalue weighted by Crippen LogP contribution is -2.39. The lowest BCUT2D eigenvalue weighted by atomic mass is 10.2. The number of amides is 1. The van der Waals surface area contributed by atoms with Crippen molar-refractivity contribution in [3.05, 3.63) is 93.0 Å². The number of para-hydroxylation sites is 1. The van der Waals surface area contributed by atoms with Crippen LogP contribution in [0.3, 0.4) is 0 Å². The molecule has 0 spiro atoms. The van der Waals surface area contributed by atoms with Crippen LogP contribution >= 0.6 is 0 Å². The number of nitrogens with one attached hydrogen (secondary N) is 2. The standard InChI is InChI=1S/C17H14N4O3/c22-15(19-10-12-5-4-8-18-9-12)14-11-20-17(24)21(16(14)23)13-6-2-1-3-7-13/h1-9,11H,10H2,(H,19,22)(H,20,24). The van der Waals surface area contributed by atoms with Crippen molar-refractivity contribution in [1.29, 1.82) is 0 Å². The molecule has 0 atom stereocenters. The second-order valence-electron chi connectivity index (χ2n) is 5.03. The smallest absolute Gasteiger partial charge is 0.333 e. The average Bonchev–Trinajstić information content (AvgIpc) is 2.62. The van der Waals surface area contributed by atoms with Gasteiger partial charge in [-0.1, -0.05) is 24.3 Å². The van der Waals surface area contributed by atoms with Gasteiger partial charge in [-0.05, 0) is 23.8 Å². The van der Waals surface area contributed by atoms with Crippen molar-refractivity contribution in [3.8, 4) is 5.69 Å². The lowest BCUT2D eigenvalue weighted by molar-refractivity contribution is 0.0948. The topological polar surface area (TPSA) is 96.8 Å². The zero-order valence-electron chi connectivity index (χ0n) is 12.6. The van der Waals surface area contributed by atoms with Gasteiger partial charge in [-0.15, -0.1) is 0 Å². The summed E-state index contributed by atoms with van der Waals surface area (Å²) < 4.78 is 0.930. The number of H-pyrrole nitrogens is 1. The van der Waals surface area contributed by atoms with Crippen molar-refractivity contribution in [1.82, 2.24) is 19.9 Å². The average molecular weight is 322 g/mol. The van der Waals surface area contributed by atoms with Crippen molar-refractivity contribution >= 4 is 5.91 Å². The van der Waals surface area contributed by atoms with Crippen molar-refractivity contribution in [2.75, 3.05) is 0 Å². The molecule has 0 bridgehead atoms. The zero-order valence-corrected chi connectivity index (χ0v) is 12.6. The summed E-state index contributed by atoms with van der Waals surface area (Å²) in [7, 11) is 0. The number of carbonyl (C=O) groups is 1. The number of rotatable bonds is 4. The Labute approximate surface area is 136 Å². The van der Waals surface area contributed by atoms with Crippen LogP contribution in [-0.2, 0) is 6.54 Å². The maximum atomic E-state index is 12.5. The molecule has 0 aliphatic carbocycles. The molecular formula is C17H14N4O3. The molecule has 7 nitrogen and oxygen atoms in total. The van der Waals surface area contributed by atoms with E-state index in [0.717, 1.165) is 16.3 Å². The van der Waals surface area contributed by atoms with Gasteiger partial charge in [-0.25, -0.2) is 9.36 Å². The van der Waals surface area contributed by atoms with Gasteiger partial charge in [0, 0.05) is 25.1 Å². The number of benzene rings is 1. The molecule has 1 aromatic carbocycles. The maximum Gasteiger partial charge on any atom is 0.333 e. The van der Waals surface area contributed by atoms with Crippen LogP contribution in [0, 0.1) is 0 Å². The summed E-state index contributed by atoms with van der Waals surface area (Å²) in [5.41, 5.74) is -0.213. The molecule has 2 heterocycles. The minimum Gasteiger partial charge on any atom is -0.348 e. The molecule has 2 N–H and O–H groups in total. The van der Waals surface area contributed by atoms with E-state index in [1.165, 1.54) is 0 Å². The van der Waals surface area contributed by atoms with Crippen molar-refractivity contribution in [2.24, 2.45) is 0 Å². The predicted octanol–water partition coefficient (Wildman–Crippen LogP) is 0.851. The van der Waals surface area contributed by atoms with Gasteiger partial charge >= 0.3 is 5.69 Å². The Morgan fingerprint density at radius 1 is 1.12 bits per heavy atom. The Kier molecular flexibility index (Phi) is 4.33. The third kappa shape index (κ3) is 3.14. The van der Waals surface area contributed by atoms with Gasteiger partial charge in [0.1, 0.15) is 5.56 Å². The second-order valence-corrected chi connectivity index (χ2v) is 5.03. The van der Waals surface area contributed by atoms with Gasteiger partial charge in [0.05, 0.1) is 5.69 Å². The molecule has 0 radical (unpaired) electrons. The minimum absolute atomic E-state index is 0.137. The summed E-state index contributed by atoms with van der Waals surface area (Å²) in [5.74, 6) is -0.565. The summed E-state index contributed by atoms with van der Waals surface area (Å²) in [6, 6.07) is 12.0. The molecule has 2 aromatic heterocycles. The van der Waals surface area contributed by atoms with Gasteiger partial charge in [0.15, 0.2) is 0 Å². The molecule has 3 aromatic rings. The zero-order chi connectivity index (χ0) is 16.9. The van der Waals surface area contributed by atoms with E-state index in [1.807, 2.05) is 6.07 Å². The molecule has 24 heavy (non-hydrogen) atoms. The summed E-state index contributed by atoms with van der Waals surface area (Å²) in [6.07, 6.45) is 4.38.